The van der Waals surface area contributed by atoms with E-state index >= 15 is 0 Å². The van der Waals surface area contributed by atoms with Gasteiger partial charge in [0.2, 0.25) is 0 Å². The second kappa shape index (κ2) is 11.8. The van der Waals surface area contributed by atoms with Gasteiger partial charge in [-0.3, -0.25) is 4.79 Å². The van der Waals surface area contributed by atoms with Gasteiger partial charge in [0.15, 0.2) is 0 Å². The van der Waals surface area contributed by atoms with Crippen molar-refractivity contribution < 1.29 is 9.28 Å². The summed E-state index contributed by atoms with van der Waals surface area (Å²) in [6.45, 7) is 13.9. The van der Waals surface area contributed by atoms with Crippen molar-refractivity contribution in [2.75, 3.05) is 27.2 Å². The van der Waals surface area contributed by atoms with E-state index in [2.05, 4.69) is 55.1 Å². The number of quaternary nitrogens is 1. The largest absolute Gasteiger partial charge is 0.361 e. The first-order chi connectivity index (χ1) is 16.4. The Hall–Kier alpha value is -3.94. The van der Waals surface area contributed by atoms with E-state index in [9.17, 15) is 4.79 Å². The van der Waals surface area contributed by atoms with E-state index < -0.39 is 0 Å². The molecule has 0 aliphatic heterocycles. The van der Waals surface area contributed by atoms with Crippen molar-refractivity contribution in [1.82, 2.24) is 5.32 Å². The molecule has 0 fully saturated rings. The Morgan fingerprint density at radius 3 is 2.00 bits per heavy atom. The smallest absolute Gasteiger partial charge is 0.258 e. The fraction of sp³-hybridized carbons (Fsp3) is 0.200. The topological polar surface area (TPSA) is 33.5 Å². The molecule has 0 aliphatic carbocycles. The predicted molar refractivity (Wildman–Crippen MR) is 140 cm³/mol. The second-order valence-electron chi connectivity index (χ2n) is 8.94. The van der Waals surface area contributed by atoms with Crippen LogP contribution in [0.1, 0.15) is 28.7 Å². The van der Waals surface area contributed by atoms with Crippen LogP contribution < -0.4 is 5.32 Å². The maximum Gasteiger partial charge on any atom is 0.258 e. The first kappa shape index (κ1) is 24.7. The number of hydrogen-bond acceptors (Lipinski definition) is 1. The predicted octanol–water partition coefficient (Wildman–Crippen LogP) is 5.79. The minimum atomic E-state index is -0.331. The van der Waals surface area contributed by atoms with Gasteiger partial charge in [0, 0.05) is 24.1 Å². The van der Waals surface area contributed by atoms with Gasteiger partial charge in [0.1, 0.15) is 6.54 Å². The van der Waals surface area contributed by atoms with Crippen LogP contribution in [-0.4, -0.2) is 37.6 Å². The van der Waals surface area contributed by atoms with E-state index in [0.29, 0.717) is 12.1 Å². The number of hydrogen-bond donors (Lipinski definition) is 1. The van der Waals surface area contributed by atoms with Gasteiger partial charge in [-0.05, 0) is 16.7 Å². The molecule has 0 spiro atoms. The molecule has 172 valence electrons. The van der Waals surface area contributed by atoms with Crippen molar-refractivity contribution in [2.24, 2.45) is 0 Å². The summed E-state index contributed by atoms with van der Waals surface area (Å²) in [6.07, 6.45) is 2.67. The van der Waals surface area contributed by atoms with Crippen molar-refractivity contribution in [3.63, 3.8) is 0 Å². The number of carbonyl (C=O) groups is 1. The molecule has 1 amide bonds. The van der Waals surface area contributed by atoms with Crippen molar-refractivity contribution in [3.8, 4) is 0 Å². The number of rotatable bonds is 10. The number of benzene rings is 3. The van der Waals surface area contributed by atoms with Gasteiger partial charge < -0.3 is 9.80 Å². The van der Waals surface area contributed by atoms with Crippen LogP contribution in [0.25, 0.3) is 16.5 Å². The van der Waals surface area contributed by atoms with Crippen LogP contribution in [0.4, 0.5) is 0 Å². The molecule has 4 nitrogen and oxygen atoms in total. The molecule has 0 radical (unpaired) electrons. The molecule has 4 heteroatoms. The molecule has 0 bridgehead atoms. The third kappa shape index (κ3) is 6.78. The van der Waals surface area contributed by atoms with Crippen LogP contribution in [0.5, 0.6) is 0 Å². The summed E-state index contributed by atoms with van der Waals surface area (Å²) in [7, 11) is 4.38. The third-order valence-electron chi connectivity index (χ3n) is 5.74. The summed E-state index contributed by atoms with van der Waals surface area (Å²) in [4.78, 5) is 16.7. The van der Waals surface area contributed by atoms with Gasteiger partial charge in [-0.25, -0.2) is 4.85 Å². The summed E-state index contributed by atoms with van der Waals surface area (Å²) in [5, 5.41) is 2.97. The van der Waals surface area contributed by atoms with Crippen molar-refractivity contribution in [2.45, 2.75) is 13.0 Å². The number of carbonyl (C=O) groups excluding carboxylic acids is 1. The van der Waals surface area contributed by atoms with Gasteiger partial charge in [0.25, 0.3) is 11.6 Å². The Morgan fingerprint density at radius 2 is 1.50 bits per heavy atom. The van der Waals surface area contributed by atoms with E-state index in [-0.39, 0.29) is 11.6 Å². The molecule has 0 aromatic heterocycles. The fourth-order valence-electron chi connectivity index (χ4n) is 4.00. The van der Waals surface area contributed by atoms with Gasteiger partial charge in [-0.2, -0.15) is 0 Å². The Kier molecular flexibility index (Phi) is 8.56. The zero-order valence-electron chi connectivity index (χ0n) is 20.0. The first-order valence-corrected chi connectivity index (χ1v) is 11.5. The van der Waals surface area contributed by atoms with E-state index in [0.717, 1.165) is 40.7 Å². The van der Waals surface area contributed by atoms with Gasteiger partial charge >= 0.3 is 0 Å². The second-order valence-corrected chi connectivity index (χ2v) is 8.94. The zero-order valence-corrected chi connectivity index (χ0v) is 20.0. The normalized spacial score (nSPS) is 10.7. The highest BCUT2D eigenvalue weighted by molar-refractivity contribution is 6.06. The molecule has 0 saturated heterocycles. The number of nitrogens with one attached hydrogen (secondary N) is 1. The van der Waals surface area contributed by atoms with Crippen LogP contribution in [0.3, 0.4) is 0 Å². The van der Waals surface area contributed by atoms with Crippen LogP contribution in [-0.2, 0) is 11.3 Å². The minimum absolute atomic E-state index is 0.119. The minimum Gasteiger partial charge on any atom is -0.361 e. The van der Waals surface area contributed by atoms with Crippen LogP contribution in [0.15, 0.2) is 97.2 Å². The summed E-state index contributed by atoms with van der Waals surface area (Å²) in [5.74, 6) is -0.331. The monoisotopic (exact) mass is 450 g/mol. The summed E-state index contributed by atoms with van der Waals surface area (Å²) in [6, 6.07) is 27.7. The van der Waals surface area contributed by atoms with Crippen molar-refractivity contribution >= 4 is 17.6 Å². The lowest BCUT2D eigenvalue weighted by Crippen LogP contribution is -2.41. The Bertz CT molecular complexity index is 1130. The Morgan fingerprint density at radius 1 is 0.941 bits per heavy atom. The zero-order chi connectivity index (χ0) is 24.4. The van der Waals surface area contributed by atoms with Gasteiger partial charge in [-0.1, -0.05) is 97.6 Å². The molecule has 0 aliphatic rings. The number of amides is 1. The van der Waals surface area contributed by atoms with Crippen LogP contribution >= 0.6 is 0 Å². The molecule has 0 unspecified atom stereocenters. The van der Waals surface area contributed by atoms with Crippen LogP contribution in [0, 0.1) is 6.57 Å². The molecule has 3 aromatic carbocycles. The summed E-state index contributed by atoms with van der Waals surface area (Å²) < 4.78 is 0.814. The molecule has 34 heavy (non-hydrogen) atoms. The quantitative estimate of drug-likeness (QED) is 0.180. The summed E-state index contributed by atoms with van der Waals surface area (Å²) >= 11 is 0. The van der Waals surface area contributed by atoms with E-state index in [1.165, 1.54) is 5.56 Å². The lowest BCUT2D eigenvalue weighted by atomic mass is 9.95. The molecule has 0 heterocycles. The standard InChI is InChI=1S/C30H31N3O/c1-5-24-17-19-25(20-18-24)23-33(3,4)22-12-21-32-30(34)29(31-2)28(26-13-8-6-9-14-26)27-15-10-7-11-16-27/h5-11,13-20H,1,12,21-23H2,3-4H3/p+1. The summed E-state index contributed by atoms with van der Waals surface area (Å²) in [5.41, 5.74) is 4.88. The fourth-order valence-corrected chi connectivity index (χ4v) is 4.00. The van der Waals surface area contributed by atoms with Crippen molar-refractivity contribution in [3.05, 3.63) is 131 Å². The molecule has 0 saturated carbocycles. The van der Waals surface area contributed by atoms with Crippen LogP contribution in [0.2, 0.25) is 0 Å². The van der Waals surface area contributed by atoms with Gasteiger partial charge in [-0.15, -0.1) is 0 Å². The van der Waals surface area contributed by atoms with E-state index in [1.54, 1.807) is 0 Å². The van der Waals surface area contributed by atoms with Crippen molar-refractivity contribution in [1.29, 1.82) is 0 Å². The molecule has 1 N–H and O–H groups in total. The molecule has 0 atom stereocenters. The average Bonchev–Trinajstić information content (AvgIpc) is 2.86. The lowest BCUT2D eigenvalue weighted by Gasteiger charge is -2.30. The molecule has 3 rings (SSSR count). The number of nitrogens with zero attached hydrogens (tertiary/aromatic N) is 2. The maximum atomic E-state index is 13.0. The van der Waals surface area contributed by atoms with E-state index in [1.807, 2.05) is 66.7 Å². The highest BCUT2D eigenvalue weighted by Gasteiger charge is 2.20. The molecular weight excluding hydrogens is 418 g/mol. The lowest BCUT2D eigenvalue weighted by molar-refractivity contribution is -0.903. The third-order valence-corrected chi connectivity index (χ3v) is 5.74. The highest BCUT2D eigenvalue weighted by Crippen LogP contribution is 2.27. The first-order valence-electron chi connectivity index (χ1n) is 11.5. The average molecular weight is 451 g/mol. The molecular formula is C30H32N3O+. The Balaban J connectivity index is 1.66. The van der Waals surface area contributed by atoms with E-state index in [4.69, 9.17) is 6.57 Å². The highest BCUT2D eigenvalue weighted by atomic mass is 16.2. The Labute approximate surface area is 203 Å². The SMILES string of the molecule is [C-]#[N+]C(C(=O)NCCC[N+](C)(C)Cc1ccc(C=C)cc1)=C(c1ccccc1)c1ccccc1. The maximum absolute atomic E-state index is 13.0. The van der Waals surface area contributed by atoms with Gasteiger partial charge in [0.05, 0.1) is 27.2 Å². The molecule has 3 aromatic rings.